The fourth-order valence-corrected chi connectivity index (χ4v) is 3.98. The number of hydrogen-bond acceptors (Lipinski definition) is 6. The molecule has 6 nitrogen and oxygen atoms in total. The lowest BCUT2D eigenvalue weighted by Gasteiger charge is -2.30. The average molecular weight is 391 g/mol. The molecular formula is C18H19ClN4O2S. The normalized spacial score (nSPS) is 17.6. The Morgan fingerprint density at radius 2 is 2.35 bits per heavy atom. The quantitative estimate of drug-likeness (QED) is 0.734. The van der Waals surface area contributed by atoms with Crippen LogP contribution in [0.15, 0.2) is 28.0 Å². The van der Waals surface area contributed by atoms with Crippen molar-refractivity contribution in [3.63, 3.8) is 0 Å². The van der Waals surface area contributed by atoms with Crippen LogP contribution in [0.1, 0.15) is 23.5 Å². The molecule has 1 unspecified atom stereocenters. The third-order valence-electron chi connectivity index (χ3n) is 4.51. The lowest BCUT2D eigenvalue weighted by molar-refractivity contribution is -0.125. The monoisotopic (exact) mass is 390 g/mol. The lowest BCUT2D eigenvalue weighted by Crippen LogP contribution is -2.43. The Morgan fingerprint density at radius 3 is 3.15 bits per heavy atom. The van der Waals surface area contributed by atoms with E-state index in [1.165, 1.54) is 0 Å². The molecule has 1 amide bonds. The van der Waals surface area contributed by atoms with E-state index >= 15 is 0 Å². The molecule has 1 aliphatic rings. The number of nitrogens with one attached hydrogen (secondary N) is 1. The van der Waals surface area contributed by atoms with Crippen LogP contribution in [0.3, 0.4) is 0 Å². The van der Waals surface area contributed by atoms with Crippen molar-refractivity contribution in [2.24, 2.45) is 5.92 Å². The number of carbonyl (C=O) groups is 1. The van der Waals surface area contributed by atoms with Gasteiger partial charge in [-0.3, -0.25) is 4.79 Å². The van der Waals surface area contributed by atoms with Crippen molar-refractivity contribution < 1.29 is 9.21 Å². The third-order valence-corrected chi connectivity index (χ3v) is 5.57. The molecule has 1 fully saturated rings. The Bertz CT molecular complexity index is 938. The highest BCUT2D eigenvalue weighted by molar-refractivity contribution is 7.09. The van der Waals surface area contributed by atoms with Gasteiger partial charge in [0.15, 0.2) is 5.58 Å². The first-order valence-corrected chi connectivity index (χ1v) is 9.84. The van der Waals surface area contributed by atoms with Gasteiger partial charge in [-0.2, -0.15) is 4.98 Å². The summed E-state index contributed by atoms with van der Waals surface area (Å²) in [7, 11) is 0. The number of fused-ring (bicyclic) bond motifs is 1. The van der Waals surface area contributed by atoms with E-state index in [1.807, 2.05) is 23.3 Å². The zero-order chi connectivity index (χ0) is 18.1. The van der Waals surface area contributed by atoms with Crippen molar-refractivity contribution in [2.75, 3.05) is 18.0 Å². The molecule has 0 aliphatic carbocycles. The summed E-state index contributed by atoms with van der Waals surface area (Å²) in [4.78, 5) is 23.5. The van der Waals surface area contributed by atoms with Crippen LogP contribution in [0, 0.1) is 12.8 Å². The number of oxazole rings is 1. The standard InChI is InChI=1S/C18H19ClN4O2S/c1-11-21-14(10-26-11)8-20-17(24)12-3-2-6-23(9-12)18-22-15-7-13(19)4-5-16(15)25-18/h4-5,7,10,12H,2-3,6,8-9H2,1H3,(H,20,24). The topological polar surface area (TPSA) is 71.3 Å². The Morgan fingerprint density at radius 1 is 1.46 bits per heavy atom. The molecule has 0 radical (unpaired) electrons. The highest BCUT2D eigenvalue weighted by Gasteiger charge is 2.28. The Hall–Kier alpha value is -2.12. The molecule has 0 spiro atoms. The maximum absolute atomic E-state index is 12.5. The van der Waals surface area contributed by atoms with E-state index in [1.54, 1.807) is 23.5 Å². The number of aromatic nitrogens is 2. The summed E-state index contributed by atoms with van der Waals surface area (Å²) >= 11 is 7.60. The number of thiazole rings is 1. The molecule has 0 saturated carbocycles. The summed E-state index contributed by atoms with van der Waals surface area (Å²) in [6, 6.07) is 5.94. The second kappa shape index (κ2) is 7.25. The first-order valence-electron chi connectivity index (χ1n) is 8.58. The zero-order valence-corrected chi connectivity index (χ0v) is 15.9. The number of anilines is 1. The molecule has 1 saturated heterocycles. The first-order chi connectivity index (χ1) is 12.6. The van der Waals surface area contributed by atoms with Crippen molar-refractivity contribution in [1.29, 1.82) is 0 Å². The number of benzene rings is 1. The lowest BCUT2D eigenvalue weighted by atomic mass is 9.97. The van der Waals surface area contributed by atoms with Gasteiger partial charge in [-0.05, 0) is 38.0 Å². The van der Waals surface area contributed by atoms with Crippen LogP contribution < -0.4 is 10.2 Å². The number of piperidine rings is 1. The minimum atomic E-state index is -0.0814. The summed E-state index contributed by atoms with van der Waals surface area (Å²) < 4.78 is 5.84. The first kappa shape index (κ1) is 17.3. The van der Waals surface area contributed by atoms with Gasteiger partial charge in [-0.25, -0.2) is 4.98 Å². The van der Waals surface area contributed by atoms with Gasteiger partial charge < -0.3 is 14.6 Å². The molecular weight excluding hydrogens is 372 g/mol. The SMILES string of the molecule is Cc1nc(CNC(=O)C2CCCN(c3nc4cc(Cl)ccc4o3)C2)cs1. The second-order valence-electron chi connectivity index (χ2n) is 6.47. The molecule has 2 aromatic heterocycles. The number of aryl methyl sites for hydroxylation is 1. The van der Waals surface area contributed by atoms with Gasteiger partial charge >= 0.3 is 0 Å². The summed E-state index contributed by atoms with van der Waals surface area (Å²) in [6.07, 6.45) is 1.79. The van der Waals surface area contributed by atoms with E-state index in [0.717, 1.165) is 35.6 Å². The minimum absolute atomic E-state index is 0.0551. The van der Waals surface area contributed by atoms with E-state index in [4.69, 9.17) is 16.0 Å². The van der Waals surface area contributed by atoms with Crippen LogP contribution in [0.4, 0.5) is 6.01 Å². The van der Waals surface area contributed by atoms with Gasteiger partial charge in [0, 0.05) is 23.5 Å². The summed E-state index contributed by atoms with van der Waals surface area (Å²) in [5.74, 6) is -0.0263. The molecule has 4 rings (SSSR count). The van der Waals surface area contributed by atoms with Crippen molar-refractivity contribution >= 4 is 46.0 Å². The Balaban J connectivity index is 1.41. The van der Waals surface area contributed by atoms with Crippen molar-refractivity contribution in [3.05, 3.63) is 39.3 Å². The molecule has 26 heavy (non-hydrogen) atoms. The number of rotatable bonds is 4. The second-order valence-corrected chi connectivity index (χ2v) is 7.97. The fourth-order valence-electron chi connectivity index (χ4n) is 3.20. The van der Waals surface area contributed by atoms with E-state index in [0.29, 0.717) is 29.7 Å². The van der Waals surface area contributed by atoms with Crippen LogP contribution in [-0.4, -0.2) is 29.0 Å². The van der Waals surface area contributed by atoms with Gasteiger partial charge in [-0.1, -0.05) is 11.6 Å². The van der Waals surface area contributed by atoms with E-state index in [-0.39, 0.29) is 11.8 Å². The predicted molar refractivity (Wildman–Crippen MR) is 103 cm³/mol. The molecule has 3 aromatic rings. The number of amides is 1. The molecule has 1 aliphatic heterocycles. The van der Waals surface area contributed by atoms with Crippen molar-refractivity contribution in [2.45, 2.75) is 26.3 Å². The number of nitrogens with zero attached hydrogens (tertiary/aromatic N) is 3. The molecule has 1 atom stereocenters. The van der Waals surface area contributed by atoms with Gasteiger partial charge in [0.2, 0.25) is 5.91 Å². The molecule has 1 aromatic carbocycles. The van der Waals surface area contributed by atoms with Crippen LogP contribution in [-0.2, 0) is 11.3 Å². The average Bonchev–Trinajstić information content (AvgIpc) is 3.25. The van der Waals surface area contributed by atoms with E-state index in [9.17, 15) is 4.79 Å². The highest BCUT2D eigenvalue weighted by Crippen LogP contribution is 2.28. The van der Waals surface area contributed by atoms with Gasteiger partial charge in [0.1, 0.15) is 5.52 Å². The molecule has 136 valence electrons. The van der Waals surface area contributed by atoms with Gasteiger partial charge in [0.25, 0.3) is 6.01 Å². The van der Waals surface area contributed by atoms with Gasteiger partial charge in [-0.15, -0.1) is 11.3 Å². The van der Waals surface area contributed by atoms with Crippen LogP contribution in [0.5, 0.6) is 0 Å². The summed E-state index contributed by atoms with van der Waals surface area (Å²) in [5.41, 5.74) is 2.34. The smallest absolute Gasteiger partial charge is 0.298 e. The predicted octanol–water partition coefficient (Wildman–Crippen LogP) is 3.78. The van der Waals surface area contributed by atoms with Crippen molar-refractivity contribution in [3.8, 4) is 0 Å². The number of carbonyl (C=O) groups excluding carboxylic acids is 1. The zero-order valence-electron chi connectivity index (χ0n) is 14.4. The molecule has 3 heterocycles. The minimum Gasteiger partial charge on any atom is -0.423 e. The molecule has 1 N–H and O–H groups in total. The van der Waals surface area contributed by atoms with E-state index in [2.05, 4.69) is 15.3 Å². The number of hydrogen-bond donors (Lipinski definition) is 1. The van der Waals surface area contributed by atoms with Crippen molar-refractivity contribution in [1.82, 2.24) is 15.3 Å². The van der Waals surface area contributed by atoms with Crippen LogP contribution in [0.25, 0.3) is 11.1 Å². The van der Waals surface area contributed by atoms with E-state index < -0.39 is 0 Å². The Labute approximate surface area is 160 Å². The molecule has 0 bridgehead atoms. The van der Waals surface area contributed by atoms with Gasteiger partial charge in [0.05, 0.1) is 23.2 Å². The Kier molecular flexibility index (Phi) is 4.82. The fraction of sp³-hybridized carbons (Fsp3) is 0.389. The van der Waals surface area contributed by atoms with Crippen LogP contribution >= 0.6 is 22.9 Å². The summed E-state index contributed by atoms with van der Waals surface area (Å²) in [5, 5.41) is 6.62. The maximum atomic E-state index is 12.5. The third kappa shape index (κ3) is 3.68. The summed E-state index contributed by atoms with van der Waals surface area (Å²) in [6.45, 7) is 3.86. The molecule has 8 heteroatoms. The maximum Gasteiger partial charge on any atom is 0.298 e. The highest BCUT2D eigenvalue weighted by atomic mass is 35.5. The number of halogens is 1. The van der Waals surface area contributed by atoms with Crippen LogP contribution in [0.2, 0.25) is 5.02 Å². The largest absolute Gasteiger partial charge is 0.423 e.